The quantitative estimate of drug-likeness (QED) is 0.671. The smallest absolute Gasteiger partial charge is 0.0830 e. The van der Waals surface area contributed by atoms with E-state index in [1.165, 1.54) is 32.1 Å². The number of hydrogen-bond acceptors (Lipinski definition) is 3. The number of aliphatic hydroxyl groups is 1. The number of halogens is 1. The van der Waals surface area contributed by atoms with Crippen molar-refractivity contribution in [3.63, 3.8) is 0 Å². The predicted molar refractivity (Wildman–Crippen MR) is 69.3 cm³/mol. The van der Waals surface area contributed by atoms with Gasteiger partial charge in [0.1, 0.15) is 0 Å². The van der Waals surface area contributed by atoms with Crippen molar-refractivity contribution in [1.29, 1.82) is 0 Å². The first kappa shape index (κ1) is 14.1. The molecule has 4 bridgehead atoms. The van der Waals surface area contributed by atoms with Gasteiger partial charge in [0.25, 0.3) is 0 Å². The summed E-state index contributed by atoms with van der Waals surface area (Å²) in [6.07, 6.45) is 6.66. The van der Waals surface area contributed by atoms with E-state index in [-0.39, 0.29) is 18.0 Å². The Kier molecular flexibility index (Phi) is 3.85. The number of ether oxygens (including phenoxy) is 1. The van der Waals surface area contributed by atoms with Crippen LogP contribution < -0.4 is 12.4 Å². The molecule has 4 heteroatoms. The summed E-state index contributed by atoms with van der Waals surface area (Å²) in [5, 5.41) is 11.3. The molecular weight excluding hydrogens is 262 g/mol. The third kappa shape index (κ3) is 2.33. The normalized spacial score (nSPS) is 49.1. The molecule has 1 aliphatic heterocycles. The Balaban J connectivity index is 0.00000110. The molecule has 0 aromatic heterocycles. The molecule has 5 rings (SSSR count). The van der Waals surface area contributed by atoms with Crippen LogP contribution in [0.4, 0.5) is 0 Å². The zero-order valence-electron chi connectivity index (χ0n) is 11.6. The first-order valence-electron chi connectivity index (χ1n) is 7.76. The minimum atomic E-state index is -0.370. The van der Waals surface area contributed by atoms with Gasteiger partial charge < -0.3 is 22.3 Å². The third-order valence-corrected chi connectivity index (χ3v) is 6.13. The van der Waals surface area contributed by atoms with E-state index in [4.69, 9.17) is 4.74 Å². The molecule has 4 saturated carbocycles. The zero-order valence-corrected chi connectivity index (χ0v) is 12.3. The van der Waals surface area contributed by atoms with E-state index >= 15 is 0 Å². The van der Waals surface area contributed by atoms with Crippen LogP contribution in [0.25, 0.3) is 0 Å². The molecule has 1 heterocycles. The molecule has 0 unspecified atom stereocenters. The summed E-state index contributed by atoms with van der Waals surface area (Å²) in [4.78, 5) is 2.44. The van der Waals surface area contributed by atoms with Crippen molar-refractivity contribution in [2.45, 2.75) is 37.7 Å². The lowest BCUT2D eigenvalue weighted by molar-refractivity contribution is -0.186. The lowest BCUT2D eigenvalue weighted by Crippen LogP contribution is -3.00. The maximum absolute atomic E-state index is 11.3. The van der Waals surface area contributed by atoms with Gasteiger partial charge >= 0.3 is 0 Å². The lowest BCUT2D eigenvalue weighted by Gasteiger charge is -2.60. The summed E-state index contributed by atoms with van der Waals surface area (Å²) in [5.74, 6) is 3.07. The Bertz CT molecular complexity index is 302. The minimum Gasteiger partial charge on any atom is -1.00 e. The van der Waals surface area contributed by atoms with Crippen LogP contribution in [0.3, 0.4) is 0 Å². The van der Waals surface area contributed by atoms with E-state index in [2.05, 4.69) is 4.90 Å². The summed E-state index contributed by atoms with van der Waals surface area (Å²) in [6, 6.07) is 0. The topological polar surface area (TPSA) is 32.7 Å². The molecule has 5 aliphatic rings. The van der Waals surface area contributed by atoms with Crippen LogP contribution in [0.2, 0.25) is 0 Å². The SMILES string of the molecule is OC1(CN2CCOCC2)C2CC3CC(C2)CC1C3.[Cl-]. The fourth-order valence-corrected chi connectivity index (χ4v) is 5.38. The average molecular weight is 287 g/mol. The number of hydrogen-bond donors (Lipinski definition) is 1. The largest absolute Gasteiger partial charge is 1.00 e. The Morgan fingerprint density at radius 1 is 0.947 bits per heavy atom. The second-order valence-corrected chi connectivity index (χ2v) is 7.18. The fraction of sp³-hybridized carbons (Fsp3) is 1.00. The zero-order chi connectivity index (χ0) is 12.2. The first-order chi connectivity index (χ1) is 8.74. The fourth-order valence-electron chi connectivity index (χ4n) is 5.38. The number of nitrogens with zero attached hydrogens (tertiary/aromatic N) is 1. The molecule has 5 fully saturated rings. The number of β-amino-alcohol motifs (C(OH)–C–C–N with tert-alkyl or cyclic N) is 1. The van der Waals surface area contributed by atoms with Crippen molar-refractivity contribution >= 4 is 0 Å². The highest BCUT2D eigenvalue weighted by Gasteiger charge is 2.56. The summed E-state index contributed by atoms with van der Waals surface area (Å²) in [7, 11) is 0. The van der Waals surface area contributed by atoms with Crippen LogP contribution in [0, 0.1) is 23.7 Å². The molecule has 0 aromatic carbocycles. The van der Waals surface area contributed by atoms with Gasteiger partial charge in [-0.2, -0.15) is 0 Å². The van der Waals surface area contributed by atoms with Crippen LogP contribution in [0.1, 0.15) is 32.1 Å². The molecule has 19 heavy (non-hydrogen) atoms. The van der Waals surface area contributed by atoms with Crippen molar-refractivity contribution in [1.82, 2.24) is 4.90 Å². The van der Waals surface area contributed by atoms with Gasteiger partial charge in [0, 0.05) is 19.6 Å². The van der Waals surface area contributed by atoms with E-state index in [9.17, 15) is 5.11 Å². The highest BCUT2D eigenvalue weighted by atomic mass is 35.5. The van der Waals surface area contributed by atoms with Gasteiger partial charge in [-0.25, -0.2) is 0 Å². The highest BCUT2D eigenvalue weighted by molar-refractivity contribution is 5.08. The predicted octanol–water partition coefficient (Wildman–Crippen LogP) is -1.49. The van der Waals surface area contributed by atoms with Gasteiger partial charge in [-0.1, -0.05) is 0 Å². The molecule has 0 amide bonds. The van der Waals surface area contributed by atoms with Gasteiger partial charge in [0.15, 0.2) is 0 Å². The molecular formula is C15H25ClNO2-. The molecule has 0 radical (unpaired) electrons. The molecule has 0 atom stereocenters. The standard InChI is InChI=1S/C15H25NO2.ClH/c17-15(10-16-1-3-18-4-2-16)13-6-11-5-12(8-13)9-14(15)7-11;/h11-14,17H,1-10H2;1H/p-1. The molecule has 3 nitrogen and oxygen atoms in total. The highest BCUT2D eigenvalue weighted by Crippen LogP contribution is 2.58. The Morgan fingerprint density at radius 3 is 2.00 bits per heavy atom. The summed E-state index contributed by atoms with van der Waals surface area (Å²) < 4.78 is 5.42. The molecule has 1 N–H and O–H groups in total. The van der Waals surface area contributed by atoms with E-state index < -0.39 is 0 Å². The van der Waals surface area contributed by atoms with Crippen molar-refractivity contribution in [2.75, 3.05) is 32.8 Å². The molecule has 4 aliphatic carbocycles. The maximum atomic E-state index is 11.3. The van der Waals surface area contributed by atoms with E-state index in [0.717, 1.165) is 44.7 Å². The van der Waals surface area contributed by atoms with E-state index in [0.29, 0.717) is 11.8 Å². The number of rotatable bonds is 2. The Morgan fingerprint density at radius 2 is 1.47 bits per heavy atom. The minimum absolute atomic E-state index is 0. The molecule has 1 saturated heterocycles. The molecule has 110 valence electrons. The second-order valence-electron chi connectivity index (χ2n) is 7.18. The van der Waals surface area contributed by atoms with Crippen LogP contribution in [-0.4, -0.2) is 48.5 Å². The molecule has 0 spiro atoms. The van der Waals surface area contributed by atoms with Gasteiger partial charge in [-0.05, 0) is 55.8 Å². The first-order valence-corrected chi connectivity index (χ1v) is 7.76. The summed E-state index contributed by atoms with van der Waals surface area (Å²) >= 11 is 0. The van der Waals surface area contributed by atoms with Crippen molar-refractivity contribution in [3.8, 4) is 0 Å². The maximum Gasteiger partial charge on any atom is 0.0830 e. The summed E-state index contributed by atoms with van der Waals surface area (Å²) in [5.41, 5.74) is -0.370. The average Bonchev–Trinajstić information content (AvgIpc) is 2.37. The van der Waals surface area contributed by atoms with Gasteiger partial charge in [0.05, 0.1) is 18.8 Å². The summed E-state index contributed by atoms with van der Waals surface area (Å²) in [6.45, 7) is 4.61. The monoisotopic (exact) mass is 286 g/mol. The third-order valence-electron chi connectivity index (χ3n) is 6.13. The van der Waals surface area contributed by atoms with E-state index in [1.807, 2.05) is 0 Å². The van der Waals surface area contributed by atoms with Crippen LogP contribution in [0.5, 0.6) is 0 Å². The van der Waals surface area contributed by atoms with Gasteiger partial charge in [0.2, 0.25) is 0 Å². The van der Waals surface area contributed by atoms with Crippen LogP contribution >= 0.6 is 0 Å². The Hall–Kier alpha value is 0.170. The van der Waals surface area contributed by atoms with Gasteiger partial charge in [-0.15, -0.1) is 0 Å². The van der Waals surface area contributed by atoms with Crippen LogP contribution in [-0.2, 0) is 4.74 Å². The van der Waals surface area contributed by atoms with Gasteiger partial charge in [-0.3, -0.25) is 4.90 Å². The van der Waals surface area contributed by atoms with Crippen molar-refractivity contribution in [2.24, 2.45) is 23.7 Å². The van der Waals surface area contributed by atoms with E-state index in [1.54, 1.807) is 0 Å². The molecule has 0 aromatic rings. The van der Waals surface area contributed by atoms with Crippen LogP contribution in [0.15, 0.2) is 0 Å². The second kappa shape index (κ2) is 5.18. The number of morpholine rings is 1. The lowest BCUT2D eigenvalue weighted by atomic mass is 9.50. The Labute approximate surface area is 122 Å². The van der Waals surface area contributed by atoms with Crippen molar-refractivity contribution in [3.05, 3.63) is 0 Å². The van der Waals surface area contributed by atoms with Crippen molar-refractivity contribution < 1.29 is 22.3 Å².